The van der Waals surface area contributed by atoms with E-state index in [4.69, 9.17) is 4.74 Å². The van der Waals surface area contributed by atoms with Gasteiger partial charge in [0.2, 0.25) is 5.95 Å². The zero-order valence-electron chi connectivity index (χ0n) is 12.8. The maximum absolute atomic E-state index is 5.12. The molecule has 7 heteroatoms. The molecule has 22 heavy (non-hydrogen) atoms. The molecule has 0 unspecified atom stereocenters. The molecule has 2 rings (SSSR count). The highest BCUT2D eigenvalue weighted by atomic mass is 79.9. The molecule has 0 amide bonds. The van der Waals surface area contributed by atoms with Crippen molar-refractivity contribution in [2.75, 3.05) is 30.6 Å². The quantitative estimate of drug-likeness (QED) is 0.701. The normalized spacial score (nSPS) is 12.0. The molecule has 1 atom stereocenters. The van der Waals surface area contributed by atoms with Crippen molar-refractivity contribution in [3.63, 3.8) is 0 Å². The number of nitrogens with one attached hydrogen (secondary N) is 2. The topological polar surface area (TPSA) is 59.1 Å². The Morgan fingerprint density at radius 2 is 2.05 bits per heavy atom. The molecular formula is C15H19BrN4OS. The fraction of sp³-hybridized carbons (Fsp3) is 0.333. The van der Waals surface area contributed by atoms with Crippen molar-refractivity contribution in [2.24, 2.45) is 0 Å². The number of hydrogen-bond donors (Lipinski definition) is 2. The molecule has 0 bridgehead atoms. The Morgan fingerprint density at radius 1 is 1.32 bits per heavy atom. The summed E-state index contributed by atoms with van der Waals surface area (Å²) in [4.78, 5) is 10.00. The minimum absolute atomic E-state index is 0.157. The van der Waals surface area contributed by atoms with Crippen LogP contribution in [-0.2, 0) is 4.74 Å². The van der Waals surface area contributed by atoms with E-state index >= 15 is 0 Å². The Balaban J connectivity index is 2.10. The summed E-state index contributed by atoms with van der Waals surface area (Å²) in [5.74, 6) is 1.29. The van der Waals surface area contributed by atoms with Crippen molar-refractivity contribution in [3.8, 4) is 0 Å². The number of ether oxygens (including phenoxy) is 1. The van der Waals surface area contributed by atoms with E-state index in [1.807, 2.05) is 19.1 Å². The first-order chi connectivity index (χ1) is 10.6. The van der Waals surface area contributed by atoms with Crippen molar-refractivity contribution in [1.82, 2.24) is 9.97 Å². The van der Waals surface area contributed by atoms with Gasteiger partial charge in [-0.25, -0.2) is 4.98 Å². The Labute approximate surface area is 143 Å². The van der Waals surface area contributed by atoms with Crippen molar-refractivity contribution < 1.29 is 4.74 Å². The van der Waals surface area contributed by atoms with Crippen molar-refractivity contribution in [2.45, 2.75) is 17.9 Å². The van der Waals surface area contributed by atoms with Crippen molar-refractivity contribution in [1.29, 1.82) is 0 Å². The SMILES string of the molecule is COC[C@H](C)Nc1nc(Nc2ccc(SC)cc2)ncc1Br. The van der Waals surface area contributed by atoms with Gasteiger partial charge in [-0.15, -0.1) is 11.8 Å². The molecule has 0 radical (unpaired) electrons. The van der Waals surface area contributed by atoms with E-state index in [1.54, 1.807) is 25.1 Å². The average Bonchev–Trinajstić information content (AvgIpc) is 2.51. The maximum atomic E-state index is 5.12. The molecule has 1 heterocycles. The lowest BCUT2D eigenvalue weighted by atomic mass is 10.3. The van der Waals surface area contributed by atoms with Gasteiger partial charge in [-0.2, -0.15) is 4.98 Å². The van der Waals surface area contributed by atoms with E-state index in [9.17, 15) is 0 Å². The molecule has 0 fully saturated rings. The van der Waals surface area contributed by atoms with Gasteiger partial charge in [0.25, 0.3) is 0 Å². The molecule has 0 spiro atoms. The lowest BCUT2D eigenvalue weighted by Crippen LogP contribution is -2.22. The molecule has 0 saturated carbocycles. The van der Waals surface area contributed by atoms with E-state index in [2.05, 4.69) is 54.9 Å². The Kier molecular flexibility index (Phi) is 6.48. The first kappa shape index (κ1) is 17.1. The van der Waals surface area contributed by atoms with Crippen LogP contribution >= 0.6 is 27.7 Å². The van der Waals surface area contributed by atoms with Crippen LogP contribution in [0.2, 0.25) is 0 Å². The van der Waals surface area contributed by atoms with Gasteiger partial charge in [0.05, 0.1) is 11.1 Å². The molecule has 2 aromatic rings. The number of nitrogens with zero attached hydrogens (tertiary/aromatic N) is 2. The molecule has 0 saturated heterocycles. The summed E-state index contributed by atoms with van der Waals surface area (Å²) in [6.45, 7) is 2.64. The molecule has 0 aliphatic heterocycles. The maximum Gasteiger partial charge on any atom is 0.229 e. The highest BCUT2D eigenvalue weighted by molar-refractivity contribution is 9.10. The predicted molar refractivity (Wildman–Crippen MR) is 96.2 cm³/mol. The van der Waals surface area contributed by atoms with E-state index in [1.165, 1.54) is 4.90 Å². The Hall–Kier alpha value is -1.31. The summed E-state index contributed by atoms with van der Waals surface area (Å²) in [6.07, 6.45) is 3.78. The molecule has 118 valence electrons. The molecule has 1 aromatic heterocycles. The Morgan fingerprint density at radius 3 is 2.68 bits per heavy atom. The number of rotatable bonds is 7. The monoisotopic (exact) mass is 382 g/mol. The third kappa shape index (κ3) is 4.86. The molecule has 0 aliphatic carbocycles. The second-order valence-electron chi connectivity index (χ2n) is 4.74. The second-order valence-corrected chi connectivity index (χ2v) is 6.48. The van der Waals surface area contributed by atoms with Crippen LogP contribution in [0.15, 0.2) is 39.8 Å². The van der Waals surface area contributed by atoms with Crippen LogP contribution in [0.1, 0.15) is 6.92 Å². The average molecular weight is 383 g/mol. The van der Waals surface area contributed by atoms with Crippen LogP contribution in [0.3, 0.4) is 0 Å². The van der Waals surface area contributed by atoms with Crippen LogP contribution in [0.25, 0.3) is 0 Å². The summed E-state index contributed by atoms with van der Waals surface area (Å²) < 4.78 is 5.94. The lowest BCUT2D eigenvalue weighted by molar-refractivity contribution is 0.190. The molecule has 2 N–H and O–H groups in total. The van der Waals surface area contributed by atoms with Gasteiger partial charge in [-0.3, -0.25) is 0 Å². The summed E-state index contributed by atoms with van der Waals surface area (Å²) in [5.41, 5.74) is 0.955. The minimum atomic E-state index is 0.157. The fourth-order valence-electron chi connectivity index (χ4n) is 1.86. The van der Waals surface area contributed by atoms with Crippen LogP contribution in [0.5, 0.6) is 0 Å². The van der Waals surface area contributed by atoms with Gasteiger partial charge in [-0.1, -0.05) is 0 Å². The van der Waals surface area contributed by atoms with E-state index in [0.29, 0.717) is 12.6 Å². The first-order valence-electron chi connectivity index (χ1n) is 6.81. The molecular weight excluding hydrogens is 364 g/mol. The number of benzene rings is 1. The zero-order chi connectivity index (χ0) is 15.9. The van der Waals surface area contributed by atoms with E-state index in [-0.39, 0.29) is 6.04 Å². The number of aromatic nitrogens is 2. The van der Waals surface area contributed by atoms with Gasteiger partial charge in [0.1, 0.15) is 5.82 Å². The summed E-state index contributed by atoms with van der Waals surface area (Å²) in [6, 6.07) is 8.30. The van der Waals surface area contributed by atoms with Crippen LogP contribution < -0.4 is 10.6 Å². The smallest absolute Gasteiger partial charge is 0.229 e. The number of hydrogen-bond acceptors (Lipinski definition) is 6. The number of methoxy groups -OCH3 is 1. The van der Waals surface area contributed by atoms with Crippen LogP contribution in [-0.4, -0.2) is 36.0 Å². The number of anilines is 3. The van der Waals surface area contributed by atoms with Crippen molar-refractivity contribution in [3.05, 3.63) is 34.9 Å². The first-order valence-corrected chi connectivity index (χ1v) is 8.83. The minimum Gasteiger partial charge on any atom is -0.383 e. The highest BCUT2D eigenvalue weighted by Gasteiger charge is 2.09. The Bertz CT molecular complexity index is 609. The van der Waals surface area contributed by atoms with Crippen LogP contribution in [0.4, 0.5) is 17.5 Å². The zero-order valence-corrected chi connectivity index (χ0v) is 15.2. The lowest BCUT2D eigenvalue weighted by Gasteiger charge is -2.15. The highest BCUT2D eigenvalue weighted by Crippen LogP contribution is 2.23. The van der Waals surface area contributed by atoms with Gasteiger partial charge < -0.3 is 15.4 Å². The second kappa shape index (κ2) is 8.36. The summed E-state index contributed by atoms with van der Waals surface area (Å²) >= 11 is 5.17. The van der Waals surface area contributed by atoms with Gasteiger partial charge in [-0.05, 0) is 53.4 Å². The molecule has 5 nitrogen and oxygen atoms in total. The van der Waals surface area contributed by atoms with Crippen LogP contribution in [0, 0.1) is 0 Å². The molecule has 0 aliphatic rings. The summed E-state index contributed by atoms with van der Waals surface area (Å²) in [7, 11) is 1.68. The number of thioether (sulfide) groups is 1. The van der Waals surface area contributed by atoms with E-state index < -0.39 is 0 Å². The van der Waals surface area contributed by atoms with Gasteiger partial charge in [0, 0.05) is 29.9 Å². The van der Waals surface area contributed by atoms with Crippen molar-refractivity contribution >= 4 is 45.1 Å². The summed E-state index contributed by atoms with van der Waals surface area (Å²) in [5, 5.41) is 6.49. The molecule has 1 aromatic carbocycles. The van der Waals surface area contributed by atoms with E-state index in [0.717, 1.165) is 16.0 Å². The standard InChI is InChI=1S/C15H19BrN4OS/c1-10(9-21-2)18-14-13(16)8-17-15(20-14)19-11-4-6-12(22-3)7-5-11/h4-8,10H,9H2,1-3H3,(H2,17,18,19,20)/t10-/m0/s1. The predicted octanol–water partition coefficient (Wildman–Crippen LogP) is 4.15. The third-order valence-corrected chi connectivity index (χ3v) is 4.21. The third-order valence-electron chi connectivity index (χ3n) is 2.89. The number of halogens is 1. The largest absolute Gasteiger partial charge is 0.383 e. The fourth-order valence-corrected chi connectivity index (χ4v) is 2.57. The van der Waals surface area contributed by atoms with Gasteiger partial charge in [0.15, 0.2) is 0 Å². The van der Waals surface area contributed by atoms with Gasteiger partial charge >= 0.3 is 0 Å².